The quantitative estimate of drug-likeness (QED) is 0.103. The molecule has 0 aliphatic heterocycles. The Hall–Kier alpha value is -1.61. The van der Waals surface area contributed by atoms with Gasteiger partial charge in [-0.2, -0.15) is 0 Å². The van der Waals surface area contributed by atoms with Gasteiger partial charge in [-0.05, 0) is 82.0 Å². The van der Waals surface area contributed by atoms with Gasteiger partial charge in [-0.1, -0.05) is 83.8 Å². The Bertz CT molecular complexity index is 724. The maximum atomic E-state index is 5.75. The van der Waals surface area contributed by atoms with Crippen LogP contribution < -0.4 is 0 Å². The molecule has 0 radical (unpaired) electrons. The summed E-state index contributed by atoms with van der Waals surface area (Å²) in [5.41, 5.74) is 5.12. The summed E-state index contributed by atoms with van der Waals surface area (Å²) >= 11 is 0. The van der Waals surface area contributed by atoms with Gasteiger partial charge in [0.15, 0.2) is 5.90 Å². The number of allylic oxidation sites excluding steroid dienone is 6. The first-order chi connectivity index (χ1) is 16.3. The summed E-state index contributed by atoms with van der Waals surface area (Å²) < 4.78 is 5.75. The maximum Gasteiger partial charge on any atom is 0.188 e. The van der Waals surface area contributed by atoms with Crippen LogP contribution in [0.15, 0.2) is 51.7 Å². The largest absolute Gasteiger partial charge is 0.484 e. The highest BCUT2D eigenvalue weighted by Gasteiger charge is 2.13. The fourth-order valence-electron chi connectivity index (χ4n) is 4.63. The van der Waals surface area contributed by atoms with E-state index >= 15 is 0 Å². The number of hydrogen-bond donors (Lipinski definition) is 0. The number of nitrogens with zero attached hydrogens (tertiary/aromatic N) is 2. The van der Waals surface area contributed by atoms with E-state index in [4.69, 9.17) is 9.73 Å². The van der Waals surface area contributed by atoms with Crippen LogP contribution >= 0.6 is 0 Å². The molecule has 1 aliphatic carbocycles. The first-order valence-electron chi connectivity index (χ1n) is 13.9. The molecule has 1 unspecified atom stereocenters. The Labute approximate surface area is 212 Å². The number of hydrogen-bond acceptors (Lipinski definition) is 3. The van der Waals surface area contributed by atoms with Gasteiger partial charge in [-0.25, -0.2) is 4.99 Å². The van der Waals surface area contributed by atoms with Crippen LogP contribution in [0.5, 0.6) is 0 Å². The van der Waals surface area contributed by atoms with Crippen LogP contribution in [0.1, 0.15) is 106 Å². The van der Waals surface area contributed by atoms with Crippen molar-refractivity contribution < 1.29 is 4.74 Å². The topological polar surface area (TPSA) is 24.8 Å². The fraction of sp³-hybridized carbons (Fsp3) is 0.710. The van der Waals surface area contributed by atoms with Gasteiger partial charge in [0.1, 0.15) is 0 Å². The number of rotatable bonds is 15. The van der Waals surface area contributed by atoms with E-state index in [1.807, 2.05) is 0 Å². The van der Waals surface area contributed by atoms with Crippen molar-refractivity contribution in [3.05, 3.63) is 46.7 Å². The first kappa shape index (κ1) is 30.4. The predicted octanol–water partition coefficient (Wildman–Crippen LogP) is 8.89. The molecule has 0 amide bonds. The molecule has 3 nitrogen and oxygen atoms in total. The van der Waals surface area contributed by atoms with E-state index in [1.165, 1.54) is 48.9 Å². The average Bonchev–Trinajstić information content (AvgIpc) is 2.81. The third kappa shape index (κ3) is 12.2. The van der Waals surface area contributed by atoms with Crippen LogP contribution in [0.4, 0.5) is 0 Å². The van der Waals surface area contributed by atoms with Crippen LogP contribution in [0.25, 0.3) is 0 Å². The molecular formula is C31H54N2O. The lowest BCUT2D eigenvalue weighted by atomic mass is 9.95. The lowest BCUT2D eigenvalue weighted by molar-refractivity contribution is 0.236. The predicted molar refractivity (Wildman–Crippen MR) is 151 cm³/mol. The Morgan fingerprint density at radius 2 is 1.82 bits per heavy atom. The molecule has 0 aromatic heterocycles. The van der Waals surface area contributed by atoms with E-state index in [2.05, 4.69) is 77.7 Å². The van der Waals surface area contributed by atoms with Gasteiger partial charge in [0.2, 0.25) is 0 Å². The number of methoxy groups -OCH3 is 1. The fourth-order valence-corrected chi connectivity index (χ4v) is 4.63. The van der Waals surface area contributed by atoms with Crippen LogP contribution in [-0.4, -0.2) is 37.5 Å². The molecular weight excluding hydrogens is 416 g/mol. The van der Waals surface area contributed by atoms with Crippen molar-refractivity contribution in [3.63, 3.8) is 0 Å². The van der Waals surface area contributed by atoms with E-state index in [9.17, 15) is 0 Å². The molecule has 0 aromatic carbocycles. The smallest absolute Gasteiger partial charge is 0.188 e. The highest BCUT2D eigenvalue weighted by atomic mass is 16.5. The molecule has 0 saturated heterocycles. The molecule has 1 atom stereocenters. The third-order valence-corrected chi connectivity index (χ3v) is 6.85. The summed E-state index contributed by atoms with van der Waals surface area (Å²) in [6.07, 6.45) is 19.5. The highest BCUT2D eigenvalue weighted by molar-refractivity contribution is 5.78. The molecule has 3 heteroatoms. The van der Waals surface area contributed by atoms with Gasteiger partial charge in [0, 0.05) is 13.0 Å². The second kappa shape index (κ2) is 17.8. The number of aliphatic imine (C=N–C) groups is 1. The molecule has 0 spiro atoms. The summed E-state index contributed by atoms with van der Waals surface area (Å²) in [6.45, 7) is 19.3. The minimum absolute atomic E-state index is 0.764. The van der Waals surface area contributed by atoms with Crippen LogP contribution in [-0.2, 0) is 4.74 Å². The molecule has 0 N–H and O–H groups in total. The van der Waals surface area contributed by atoms with Gasteiger partial charge in [-0.3, -0.25) is 0 Å². The van der Waals surface area contributed by atoms with E-state index in [1.54, 1.807) is 7.11 Å². The molecule has 0 aromatic rings. The Balaban J connectivity index is 2.71. The van der Waals surface area contributed by atoms with Crippen molar-refractivity contribution in [3.8, 4) is 0 Å². The second-order valence-electron chi connectivity index (χ2n) is 10.4. The molecule has 1 rings (SSSR count). The van der Waals surface area contributed by atoms with E-state index in [-0.39, 0.29) is 0 Å². The third-order valence-electron chi connectivity index (χ3n) is 6.85. The van der Waals surface area contributed by atoms with Crippen LogP contribution in [0, 0.1) is 11.8 Å². The molecule has 34 heavy (non-hydrogen) atoms. The van der Waals surface area contributed by atoms with Crippen LogP contribution in [0.3, 0.4) is 0 Å². The van der Waals surface area contributed by atoms with Gasteiger partial charge >= 0.3 is 0 Å². The average molecular weight is 471 g/mol. The molecule has 0 fully saturated rings. The van der Waals surface area contributed by atoms with Crippen LogP contribution in [0.2, 0.25) is 0 Å². The zero-order valence-electron chi connectivity index (χ0n) is 23.8. The van der Waals surface area contributed by atoms with E-state index < -0.39 is 0 Å². The standard InChI is InChI=1S/C31H54N2O/c1-9-28(10-2)29-22-21-26(6)18-14-19-30(29)32-31(34-8)20-15-23-33(11-3)24-27(7)17-13-12-16-25(4)5/h9,18-19,22,25,27H,10-17,20-21,23-24H2,1-8H3/b26-18-,28-9?,29-22+,30-19+,32-31?. The maximum absolute atomic E-state index is 5.75. The lowest BCUT2D eigenvalue weighted by Crippen LogP contribution is -2.30. The van der Waals surface area contributed by atoms with Crippen molar-refractivity contribution >= 4 is 5.90 Å². The summed E-state index contributed by atoms with van der Waals surface area (Å²) in [4.78, 5) is 7.63. The van der Waals surface area contributed by atoms with Crippen molar-refractivity contribution in [2.24, 2.45) is 16.8 Å². The number of unbranched alkanes of at least 4 members (excludes halogenated alkanes) is 1. The van der Waals surface area contributed by atoms with Gasteiger partial charge in [0.25, 0.3) is 0 Å². The van der Waals surface area contributed by atoms with Gasteiger partial charge < -0.3 is 9.64 Å². The lowest BCUT2D eigenvalue weighted by Gasteiger charge is -2.24. The van der Waals surface area contributed by atoms with E-state index in [0.717, 1.165) is 68.6 Å². The van der Waals surface area contributed by atoms with Crippen molar-refractivity contribution in [2.75, 3.05) is 26.7 Å². The minimum atomic E-state index is 0.764. The summed E-state index contributed by atoms with van der Waals surface area (Å²) in [5.74, 6) is 2.44. The highest BCUT2D eigenvalue weighted by Crippen LogP contribution is 2.28. The van der Waals surface area contributed by atoms with Crippen molar-refractivity contribution in [1.29, 1.82) is 0 Å². The molecule has 1 aliphatic rings. The molecule has 0 saturated carbocycles. The summed E-state index contributed by atoms with van der Waals surface area (Å²) in [5, 5.41) is 0. The van der Waals surface area contributed by atoms with Gasteiger partial charge in [-0.15, -0.1) is 0 Å². The Kier molecular flexibility index (Phi) is 15.9. The monoisotopic (exact) mass is 470 g/mol. The normalized spacial score (nSPS) is 21.3. The summed E-state index contributed by atoms with van der Waals surface area (Å²) in [6, 6.07) is 0. The SMILES string of the molecule is CC=C(CC)C1=C\C/C(C)=C\C/C=C\1N=C(CCCN(CC)CC(C)CCCCC(C)C)OC. The summed E-state index contributed by atoms with van der Waals surface area (Å²) in [7, 11) is 1.77. The van der Waals surface area contributed by atoms with E-state index in [0.29, 0.717) is 0 Å². The van der Waals surface area contributed by atoms with Crippen molar-refractivity contribution in [2.45, 2.75) is 106 Å². The zero-order chi connectivity index (χ0) is 25.3. The Morgan fingerprint density at radius 3 is 2.44 bits per heavy atom. The molecule has 0 heterocycles. The zero-order valence-corrected chi connectivity index (χ0v) is 23.8. The van der Waals surface area contributed by atoms with Crippen molar-refractivity contribution in [1.82, 2.24) is 4.90 Å². The minimum Gasteiger partial charge on any atom is -0.484 e. The van der Waals surface area contributed by atoms with Gasteiger partial charge in [0.05, 0.1) is 12.8 Å². The second-order valence-corrected chi connectivity index (χ2v) is 10.4. The Morgan fingerprint density at radius 1 is 1.09 bits per heavy atom. The molecule has 194 valence electrons. The molecule has 0 bridgehead atoms. The number of ether oxygens (including phenoxy) is 1. The first-order valence-corrected chi connectivity index (χ1v) is 13.9.